The highest BCUT2D eigenvalue weighted by Crippen LogP contribution is 2.51. The highest BCUT2D eigenvalue weighted by molar-refractivity contribution is 6.09. The molecule has 0 aliphatic carbocycles. The van der Waals surface area contributed by atoms with Crippen LogP contribution in [0.25, 0.3) is 38.6 Å². The molecule has 3 heteroatoms. The minimum atomic E-state index is 0.227. The van der Waals surface area contributed by atoms with E-state index in [1.54, 1.807) is 0 Å². The summed E-state index contributed by atoms with van der Waals surface area (Å²) in [7, 11) is 0. The molecule has 3 heterocycles. The number of nitrogens with zero attached hydrogens (tertiary/aromatic N) is 2. The quantitative estimate of drug-likeness (QED) is 0.211. The highest BCUT2D eigenvalue weighted by Gasteiger charge is 2.37. The first-order valence-electron chi connectivity index (χ1n) is 15.2. The minimum absolute atomic E-state index is 0.227. The Morgan fingerprint density at radius 1 is 0.488 bits per heavy atom. The summed E-state index contributed by atoms with van der Waals surface area (Å²) in [5, 5.41) is 2.53. The first-order valence-corrected chi connectivity index (χ1v) is 15.2. The predicted octanol–water partition coefficient (Wildman–Crippen LogP) is 10.8. The number of fused-ring (bicyclic) bond motifs is 8. The Bertz CT molecular complexity index is 2040. The van der Waals surface area contributed by atoms with Crippen molar-refractivity contribution < 1.29 is 4.74 Å². The molecule has 2 aliphatic heterocycles. The molecule has 2 unspecified atom stereocenters. The lowest BCUT2D eigenvalue weighted by atomic mass is 9.89. The molecule has 0 saturated carbocycles. The van der Waals surface area contributed by atoms with Crippen LogP contribution in [0.15, 0.2) is 146 Å². The van der Waals surface area contributed by atoms with E-state index in [2.05, 4.69) is 155 Å². The normalized spacial score (nSPS) is 17.0. The number of hydrogen-bond donors (Lipinski definition) is 0. The van der Waals surface area contributed by atoms with Crippen molar-refractivity contribution in [1.82, 2.24) is 4.57 Å². The molecule has 2 bridgehead atoms. The van der Waals surface area contributed by atoms with Crippen LogP contribution in [0, 0.1) is 0 Å². The van der Waals surface area contributed by atoms with Crippen LogP contribution in [-0.2, 0) is 4.74 Å². The number of rotatable bonds is 5. The third-order valence-electron chi connectivity index (χ3n) is 9.16. The van der Waals surface area contributed by atoms with Gasteiger partial charge in [-0.1, -0.05) is 84.9 Å². The summed E-state index contributed by atoms with van der Waals surface area (Å²) < 4.78 is 8.70. The van der Waals surface area contributed by atoms with Gasteiger partial charge >= 0.3 is 0 Å². The Labute approximate surface area is 251 Å². The SMILES string of the molecule is c1ccc(N(c2ccccc2)c2cc(-c3ccc4c(c3)C3CCC4O3)cc(-n3c4ccccc4c4ccccc43)c2)cc1. The maximum atomic E-state index is 6.28. The van der Waals surface area contributed by atoms with E-state index in [1.807, 2.05) is 0 Å². The molecule has 0 spiro atoms. The average Bonchev–Trinajstić information content (AvgIpc) is 3.78. The largest absolute Gasteiger partial charge is 0.366 e. The summed E-state index contributed by atoms with van der Waals surface area (Å²) in [6.45, 7) is 0. The van der Waals surface area contributed by atoms with E-state index in [9.17, 15) is 0 Å². The van der Waals surface area contributed by atoms with Gasteiger partial charge in [0.2, 0.25) is 0 Å². The fourth-order valence-corrected chi connectivity index (χ4v) is 7.24. The van der Waals surface area contributed by atoms with Crippen molar-refractivity contribution >= 4 is 38.9 Å². The first-order chi connectivity index (χ1) is 21.3. The van der Waals surface area contributed by atoms with Gasteiger partial charge in [-0.25, -0.2) is 0 Å². The molecular weight excluding hydrogens is 524 g/mol. The van der Waals surface area contributed by atoms with Crippen molar-refractivity contribution in [2.24, 2.45) is 0 Å². The monoisotopic (exact) mass is 554 g/mol. The summed E-state index contributed by atoms with van der Waals surface area (Å²) in [5.74, 6) is 0. The van der Waals surface area contributed by atoms with Gasteiger partial charge in [0.1, 0.15) is 0 Å². The minimum Gasteiger partial charge on any atom is -0.366 e. The van der Waals surface area contributed by atoms with Crippen LogP contribution < -0.4 is 4.90 Å². The molecule has 0 radical (unpaired) electrons. The van der Waals surface area contributed by atoms with Gasteiger partial charge in [0.25, 0.3) is 0 Å². The van der Waals surface area contributed by atoms with Crippen LogP contribution in [0.1, 0.15) is 36.2 Å². The van der Waals surface area contributed by atoms with E-state index in [1.165, 1.54) is 44.1 Å². The van der Waals surface area contributed by atoms with E-state index in [4.69, 9.17) is 4.74 Å². The summed E-state index contributed by atoms with van der Waals surface area (Å²) in [6.07, 6.45) is 2.74. The van der Waals surface area contributed by atoms with Crippen molar-refractivity contribution in [3.63, 3.8) is 0 Å². The van der Waals surface area contributed by atoms with Gasteiger partial charge in [0, 0.05) is 33.5 Å². The molecule has 1 saturated heterocycles. The number of ether oxygens (including phenoxy) is 1. The zero-order chi connectivity index (χ0) is 28.3. The molecular formula is C40H30N2O. The maximum Gasteiger partial charge on any atom is 0.0838 e. The van der Waals surface area contributed by atoms with Crippen LogP contribution >= 0.6 is 0 Å². The first kappa shape index (κ1) is 24.5. The summed E-state index contributed by atoms with van der Waals surface area (Å²) in [5.41, 5.74) is 12.1. The zero-order valence-electron chi connectivity index (χ0n) is 23.7. The van der Waals surface area contributed by atoms with Gasteiger partial charge in [0.05, 0.1) is 23.2 Å². The van der Waals surface area contributed by atoms with Crippen molar-refractivity contribution in [2.75, 3.05) is 4.90 Å². The van der Waals surface area contributed by atoms with Gasteiger partial charge < -0.3 is 14.2 Å². The number of aromatic nitrogens is 1. The molecule has 7 aromatic rings. The van der Waals surface area contributed by atoms with Crippen LogP contribution in [0.2, 0.25) is 0 Å². The van der Waals surface area contributed by atoms with Gasteiger partial charge in [-0.2, -0.15) is 0 Å². The standard InChI is InChI=1S/C40H30N2O/c1-3-11-29(12-4-1)41(30-13-5-2-6-14-30)31-23-28(27-19-20-35-36(25-27)40-22-21-39(35)43-40)24-32(26-31)42-37-17-9-7-15-33(37)34-16-8-10-18-38(34)42/h1-20,23-26,39-40H,21-22H2. The molecule has 3 nitrogen and oxygen atoms in total. The maximum absolute atomic E-state index is 6.28. The molecule has 43 heavy (non-hydrogen) atoms. The van der Waals surface area contributed by atoms with Crippen LogP contribution in [0.3, 0.4) is 0 Å². The smallest absolute Gasteiger partial charge is 0.0838 e. The molecule has 6 aromatic carbocycles. The van der Waals surface area contributed by atoms with Crippen LogP contribution in [0.5, 0.6) is 0 Å². The van der Waals surface area contributed by atoms with Crippen molar-refractivity contribution in [3.8, 4) is 16.8 Å². The molecule has 9 rings (SSSR count). The number of benzene rings is 6. The molecule has 0 N–H and O–H groups in total. The topological polar surface area (TPSA) is 17.4 Å². The Kier molecular flexibility index (Phi) is 5.53. The third-order valence-corrected chi connectivity index (χ3v) is 9.16. The Hall–Kier alpha value is -5.12. The van der Waals surface area contributed by atoms with E-state index >= 15 is 0 Å². The fourth-order valence-electron chi connectivity index (χ4n) is 7.24. The lowest BCUT2D eigenvalue weighted by molar-refractivity contribution is 0.0717. The number of anilines is 3. The van der Waals surface area contributed by atoms with Gasteiger partial charge in [-0.05, 0) is 95.8 Å². The lowest BCUT2D eigenvalue weighted by Crippen LogP contribution is -2.10. The molecule has 206 valence electrons. The number of hydrogen-bond acceptors (Lipinski definition) is 2. The summed E-state index contributed by atoms with van der Waals surface area (Å²) in [6, 6.07) is 52.8. The Balaban J connectivity index is 1.32. The van der Waals surface area contributed by atoms with Gasteiger partial charge in [-0.15, -0.1) is 0 Å². The van der Waals surface area contributed by atoms with Crippen molar-refractivity contribution in [2.45, 2.75) is 25.0 Å². The van der Waals surface area contributed by atoms with Gasteiger partial charge in [0.15, 0.2) is 0 Å². The highest BCUT2D eigenvalue weighted by atomic mass is 16.5. The molecule has 2 aliphatic rings. The Morgan fingerprint density at radius 3 is 1.72 bits per heavy atom. The molecule has 2 atom stereocenters. The molecule has 0 amide bonds. The van der Waals surface area contributed by atoms with Crippen molar-refractivity contribution in [1.29, 1.82) is 0 Å². The van der Waals surface area contributed by atoms with Crippen LogP contribution in [0.4, 0.5) is 17.1 Å². The zero-order valence-corrected chi connectivity index (χ0v) is 23.7. The van der Waals surface area contributed by atoms with E-state index in [0.29, 0.717) is 0 Å². The summed E-state index contributed by atoms with van der Waals surface area (Å²) >= 11 is 0. The van der Waals surface area contributed by atoms with E-state index in [0.717, 1.165) is 35.6 Å². The lowest BCUT2D eigenvalue weighted by Gasteiger charge is -2.27. The van der Waals surface area contributed by atoms with Gasteiger partial charge in [-0.3, -0.25) is 0 Å². The molecule has 1 fully saturated rings. The number of para-hydroxylation sites is 4. The van der Waals surface area contributed by atoms with E-state index < -0.39 is 0 Å². The Morgan fingerprint density at radius 2 is 1.07 bits per heavy atom. The van der Waals surface area contributed by atoms with Crippen molar-refractivity contribution in [3.05, 3.63) is 157 Å². The average molecular weight is 555 g/mol. The second-order valence-electron chi connectivity index (χ2n) is 11.6. The second-order valence-corrected chi connectivity index (χ2v) is 11.6. The third kappa shape index (κ3) is 3.93. The second kappa shape index (κ2) is 9.72. The predicted molar refractivity (Wildman–Crippen MR) is 177 cm³/mol. The van der Waals surface area contributed by atoms with E-state index in [-0.39, 0.29) is 12.2 Å². The summed E-state index contributed by atoms with van der Waals surface area (Å²) in [4.78, 5) is 2.36. The van der Waals surface area contributed by atoms with Crippen LogP contribution in [-0.4, -0.2) is 4.57 Å². The fraction of sp³-hybridized carbons (Fsp3) is 0.100. The molecule has 1 aromatic heterocycles.